The van der Waals surface area contributed by atoms with E-state index in [4.69, 9.17) is 6.57 Å². The van der Waals surface area contributed by atoms with Crippen LogP contribution in [-0.4, -0.2) is 11.6 Å². The molecule has 0 bridgehead atoms. The third-order valence-electron chi connectivity index (χ3n) is 12.8. The molecule has 196 valence electrons. The zero-order valence-corrected chi connectivity index (χ0v) is 24.0. The highest BCUT2D eigenvalue weighted by molar-refractivity contribution is 6.03. The Morgan fingerprint density at radius 3 is 2.28 bits per heavy atom. The quantitative estimate of drug-likeness (QED) is 0.365. The maximum Gasteiger partial charge on any atom is 0.226 e. The van der Waals surface area contributed by atoms with E-state index >= 15 is 0 Å². The van der Waals surface area contributed by atoms with Gasteiger partial charge in [-0.3, -0.25) is 4.79 Å². The summed E-state index contributed by atoms with van der Waals surface area (Å²) in [5.41, 5.74) is 0.865. The summed E-state index contributed by atoms with van der Waals surface area (Å²) in [7, 11) is 0. The van der Waals surface area contributed by atoms with E-state index in [2.05, 4.69) is 46.4 Å². The minimum Gasteiger partial charge on any atom is -0.307 e. The van der Waals surface area contributed by atoms with E-state index in [9.17, 15) is 9.59 Å². The zero-order valence-electron chi connectivity index (χ0n) is 24.0. The summed E-state index contributed by atoms with van der Waals surface area (Å²) in [5, 5.41) is 0. The first kappa shape index (κ1) is 25.9. The lowest BCUT2D eigenvalue weighted by Gasteiger charge is -2.69. The first-order valence-corrected chi connectivity index (χ1v) is 14.5. The molecule has 5 aliphatic rings. The van der Waals surface area contributed by atoms with Gasteiger partial charge in [-0.05, 0) is 90.9 Å². The summed E-state index contributed by atoms with van der Waals surface area (Å²) in [6.07, 6.45) is 14.5. The smallest absolute Gasteiger partial charge is 0.226 e. The lowest BCUT2D eigenvalue weighted by Crippen LogP contribution is -2.64. The number of fused-ring (bicyclic) bond motifs is 7. The fourth-order valence-electron chi connectivity index (χ4n) is 10.6. The molecule has 0 aromatic rings. The van der Waals surface area contributed by atoms with Gasteiger partial charge in [0.05, 0.1) is 6.57 Å². The van der Waals surface area contributed by atoms with Crippen LogP contribution in [-0.2, 0) is 9.59 Å². The van der Waals surface area contributed by atoms with Crippen LogP contribution in [0.4, 0.5) is 0 Å². The molecule has 0 aliphatic heterocycles. The first-order chi connectivity index (χ1) is 16.6. The van der Waals surface area contributed by atoms with Crippen molar-refractivity contribution in [2.75, 3.05) is 0 Å². The van der Waals surface area contributed by atoms with Crippen LogP contribution in [0.25, 0.3) is 4.85 Å². The Labute approximate surface area is 219 Å². The molecule has 3 heteroatoms. The number of hydrogen-bond acceptors (Lipinski definition) is 2. The van der Waals surface area contributed by atoms with Crippen molar-refractivity contribution in [1.82, 2.24) is 0 Å². The van der Waals surface area contributed by atoms with Gasteiger partial charge in [-0.1, -0.05) is 73.5 Å². The molecule has 3 nitrogen and oxygen atoms in total. The second-order valence-electron chi connectivity index (χ2n) is 15.3. The van der Waals surface area contributed by atoms with Gasteiger partial charge >= 0.3 is 0 Å². The lowest BCUT2D eigenvalue weighted by atomic mass is 9.34. The largest absolute Gasteiger partial charge is 0.307 e. The molecule has 0 N–H and O–H groups in total. The van der Waals surface area contributed by atoms with Crippen molar-refractivity contribution in [1.29, 1.82) is 0 Å². The molecule has 0 spiro atoms. The minimum atomic E-state index is -0.595. The lowest BCUT2D eigenvalue weighted by molar-refractivity contribution is -0.172. The molecule has 36 heavy (non-hydrogen) atoms. The predicted octanol–water partition coefficient (Wildman–Crippen LogP) is 8.36. The summed E-state index contributed by atoms with van der Waals surface area (Å²) in [5.74, 6) is 0.954. The maximum absolute atomic E-state index is 14.4. The van der Waals surface area contributed by atoms with Gasteiger partial charge in [-0.25, -0.2) is 4.85 Å². The number of nitrogens with zero attached hydrogens (tertiary/aromatic N) is 1. The molecule has 7 atom stereocenters. The normalized spacial score (nSPS) is 46.8. The van der Waals surface area contributed by atoms with Crippen LogP contribution >= 0.6 is 0 Å². The SMILES string of the molecule is [C-]#[N+]C1=C[C@]2(C)C3=CC(=O)[C@@H]4[C@@H]5CC(C)(C)CC[C@]5(CCC)CC[C@@]4(C)[C@]3(C)CC[C@H]2C(C)(C)C1=O. The maximum atomic E-state index is 14.4. The van der Waals surface area contributed by atoms with Crippen LogP contribution in [0.15, 0.2) is 23.4 Å². The number of carbonyl (C=O) groups excluding carboxylic acids is 2. The van der Waals surface area contributed by atoms with Crippen LogP contribution in [0.2, 0.25) is 0 Å². The molecule has 0 aromatic carbocycles. The van der Waals surface area contributed by atoms with Crippen molar-refractivity contribution in [2.45, 2.75) is 113 Å². The highest BCUT2D eigenvalue weighted by Crippen LogP contribution is 2.75. The van der Waals surface area contributed by atoms with Gasteiger partial charge in [0, 0.05) is 16.7 Å². The van der Waals surface area contributed by atoms with Crippen molar-refractivity contribution in [2.24, 2.45) is 50.2 Å². The molecule has 5 aliphatic carbocycles. The van der Waals surface area contributed by atoms with E-state index in [1.807, 2.05) is 26.0 Å². The van der Waals surface area contributed by atoms with Crippen LogP contribution in [0.5, 0.6) is 0 Å². The molecule has 3 fully saturated rings. The van der Waals surface area contributed by atoms with E-state index in [1.54, 1.807) is 0 Å². The molecule has 3 saturated carbocycles. The molecule has 0 saturated heterocycles. The predicted molar refractivity (Wildman–Crippen MR) is 145 cm³/mol. The second kappa shape index (κ2) is 7.68. The van der Waals surface area contributed by atoms with Gasteiger partial charge in [0.15, 0.2) is 11.6 Å². The average molecular weight is 490 g/mol. The highest BCUT2D eigenvalue weighted by Gasteiger charge is 2.69. The number of ketones is 2. The summed E-state index contributed by atoms with van der Waals surface area (Å²) < 4.78 is 0. The third-order valence-corrected chi connectivity index (χ3v) is 12.8. The van der Waals surface area contributed by atoms with Crippen molar-refractivity contribution in [3.8, 4) is 0 Å². The zero-order chi connectivity index (χ0) is 26.5. The average Bonchev–Trinajstić information content (AvgIpc) is 2.79. The Morgan fingerprint density at radius 2 is 1.64 bits per heavy atom. The summed E-state index contributed by atoms with van der Waals surface area (Å²) in [6.45, 7) is 26.1. The second-order valence-corrected chi connectivity index (χ2v) is 15.3. The van der Waals surface area contributed by atoms with Gasteiger partial charge < -0.3 is 4.79 Å². The van der Waals surface area contributed by atoms with Crippen LogP contribution < -0.4 is 0 Å². The van der Waals surface area contributed by atoms with E-state index in [0.29, 0.717) is 17.1 Å². The Hall–Kier alpha value is -1.69. The fourth-order valence-corrected chi connectivity index (χ4v) is 10.6. The van der Waals surface area contributed by atoms with Crippen molar-refractivity contribution in [3.05, 3.63) is 34.8 Å². The number of rotatable bonds is 2. The van der Waals surface area contributed by atoms with Gasteiger partial charge in [0.1, 0.15) is 0 Å². The summed E-state index contributed by atoms with van der Waals surface area (Å²) >= 11 is 0. The first-order valence-electron chi connectivity index (χ1n) is 14.5. The van der Waals surface area contributed by atoms with Crippen LogP contribution in [0.1, 0.15) is 113 Å². The number of carbonyl (C=O) groups is 2. The van der Waals surface area contributed by atoms with E-state index < -0.39 is 10.8 Å². The van der Waals surface area contributed by atoms with Gasteiger partial charge in [-0.2, -0.15) is 0 Å². The Bertz CT molecular complexity index is 1120. The fraction of sp³-hybridized carbons (Fsp3) is 0.788. The summed E-state index contributed by atoms with van der Waals surface area (Å²) in [4.78, 5) is 31.3. The third kappa shape index (κ3) is 3.09. The molecule has 0 aromatic heterocycles. The number of Topliss-reactive ketones (excluding diaryl/α,β-unsaturated/α-hetero) is 1. The minimum absolute atomic E-state index is 0.0261. The number of allylic oxidation sites excluding steroid dienone is 4. The van der Waals surface area contributed by atoms with Crippen LogP contribution in [0, 0.1) is 56.8 Å². The Morgan fingerprint density at radius 1 is 0.972 bits per heavy atom. The van der Waals surface area contributed by atoms with E-state index in [0.717, 1.165) is 25.7 Å². The van der Waals surface area contributed by atoms with Gasteiger partial charge in [-0.15, -0.1) is 0 Å². The molecule has 0 radical (unpaired) electrons. The highest BCUT2D eigenvalue weighted by atomic mass is 16.1. The van der Waals surface area contributed by atoms with E-state index in [-0.39, 0.29) is 39.6 Å². The molecule has 0 heterocycles. The molecule has 5 rings (SSSR count). The monoisotopic (exact) mass is 489 g/mol. The van der Waals surface area contributed by atoms with Gasteiger partial charge in [0.2, 0.25) is 5.70 Å². The topological polar surface area (TPSA) is 38.5 Å². The van der Waals surface area contributed by atoms with Crippen molar-refractivity contribution in [3.63, 3.8) is 0 Å². The van der Waals surface area contributed by atoms with Gasteiger partial charge in [0.25, 0.3) is 0 Å². The Balaban J connectivity index is 1.69. The molecule has 0 amide bonds. The number of hydrogen-bond donors (Lipinski definition) is 0. The Kier molecular flexibility index (Phi) is 5.53. The van der Waals surface area contributed by atoms with E-state index in [1.165, 1.54) is 37.7 Å². The molecular formula is C33H47NO2. The van der Waals surface area contributed by atoms with Crippen LogP contribution in [0.3, 0.4) is 0 Å². The standard InChI is InChI=1S/C33H47NO2/c1-10-12-33-16-14-28(2,3)19-21(33)26-23(35)18-25-30(6)20-22(34-9)27(36)29(4,5)24(30)11-13-31(25,7)32(26,8)15-17-33/h18,20-21,24,26H,10-17,19H2,1-8H3/t21-,24-,26-,30-,31+,32+,33+/m0/s1. The summed E-state index contributed by atoms with van der Waals surface area (Å²) in [6, 6.07) is 0. The van der Waals surface area contributed by atoms with Crippen molar-refractivity contribution >= 4 is 11.6 Å². The molecular weight excluding hydrogens is 442 g/mol. The molecule has 0 unspecified atom stereocenters. The van der Waals surface area contributed by atoms with Crippen molar-refractivity contribution < 1.29 is 9.59 Å².